The number of rotatable bonds is 6. The van der Waals surface area contributed by atoms with E-state index in [0.29, 0.717) is 12.5 Å². The first-order valence-electron chi connectivity index (χ1n) is 6.57. The summed E-state index contributed by atoms with van der Waals surface area (Å²) in [7, 11) is 0. The van der Waals surface area contributed by atoms with Crippen LogP contribution >= 0.6 is 0 Å². The lowest BCUT2D eigenvalue weighted by Crippen LogP contribution is -2.31. The molecule has 0 bridgehead atoms. The lowest BCUT2D eigenvalue weighted by Gasteiger charge is -2.18. The molecule has 19 heavy (non-hydrogen) atoms. The van der Waals surface area contributed by atoms with E-state index < -0.39 is 5.97 Å². The van der Waals surface area contributed by atoms with E-state index in [2.05, 4.69) is 4.98 Å². The van der Waals surface area contributed by atoms with Crippen molar-refractivity contribution < 1.29 is 9.90 Å². The molecule has 0 aliphatic heterocycles. The lowest BCUT2D eigenvalue weighted by molar-refractivity contribution is -0.138. The number of nitrogens with zero attached hydrogens (tertiary/aromatic N) is 3. The van der Waals surface area contributed by atoms with Crippen molar-refractivity contribution in [1.82, 2.24) is 14.3 Å². The molecule has 1 aliphatic rings. The highest BCUT2D eigenvalue weighted by Crippen LogP contribution is 2.30. The molecule has 2 heterocycles. The number of carbonyl (C=O) groups is 1. The molecule has 0 unspecified atom stereocenters. The quantitative estimate of drug-likeness (QED) is 0.856. The normalized spacial score (nSPS) is 15.2. The van der Waals surface area contributed by atoms with Gasteiger partial charge in [-0.25, -0.2) is 4.98 Å². The topological polar surface area (TPSA) is 57.8 Å². The van der Waals surface area contributed by atoms with E-state index in [1.165, 1.54) is 12.8 Å². The zero-order valence-corrected chi connectivity index (χ0v) is 10.7. The van der Waals surface area contributed by atoms with Gasteiger partial charge in [-0.05, 0) is 30.9 Å². The van der Waals surface area contributed by atoms with Gasteiger partial charge in [0.15, 0.2) is 0 Å². The second-order valence-corrected chi connectivity index (χ2v) is 5.21. The van der Waals surface area contributed by atoms with Gasteiger partial charge in [0.1, 0.15) is 5.65 Å². The predicted molar refractivity (Wildman–Crippen MR) is 70.8 cm³/mol. The maximum Gasteiger partial charge on any atom is 0.317 e. The number of imidazole rings is 1. The third kappa shape index (κ3) is 3.12. The number of carboxylic acid groups (broad SMARTS) is 1. The highest BCUT2D eigenvalue weighted by molar-refractivity contribution is 5.69. The largest absolute Gasteiger partial charge is 0.480 e. The van der Waals surface area contributed by atoms with E-state index in [9.17, 15) is 4.79 Å². The zero-order chi connectivity index (χ0) is 13.2. The summed E-state index contributed by atoms with van der Waals surface area (Å²) in [4.78, 5) is 17.4. The highest BCUT2D eigenvalue weighted by Gasteiger charge is 2.25. The molecule has 5 nitrogen and oxygen atoms in total. The molecular formula is C14H17N3O2. The lowest BCUT2D eigenvalue weighted by atomic mass is 10.3. The summed E-state index contributed by atoms with van der Waals surface area (Å²) >= 11 is 0. The summed E-state index contributed by atoms with van der Waals surface area (Å²) < 4.78 is 1.96. The van der Waals surface area contributed by atoms with Crippen LogP contribution in [0.25, 0.3) is 5.65 Å². The first kappa shape index (κ1) is 12.2. The Kier molecular flexibility index (Phi) is 3.21. The van der Waals surface area contributed by atoms with Gasteiger partial charge in [0.05, 0.1) is 12.2 Å². The van der Waals surface area contributed by atoms with Crippen molar-refractivity contribution in [1.29, 1.82) is 0 Å². The Morgan fingerprint density at radius 2 is 2.32 bits per heavy atom. The minimum atomic E-state index is -0.774. The van der Waals surface area contributed by atoms with Crippen LogP contribution in [-0.4, -0.2) is 38.4 Å². The van der Waals surface area contributed by atoms with E-state index in [-0.39, 0.29) is 6.54 Å². The summed E-state index contributed by atoms with van der Waals surface area (Å²) in [5.41, 5.74) is 1.83. The van der Waals surface area contributed by atoms with Crippen LogP contribution in [0.15, 0.2) is 30.6 Å². The number of hydrogen-bond donors (Lipinski definition) is 1. The Labute approximate surface area is 111 Å². The van der Waals surface area contributed by atoms with Gasteiger partial charge >= 0.3 is 5.97 Å². The molecule has 5 heteroatoms. The fraction of sp³-hybridized carbons (Fsp3) is 0.429. The van der Waals surface area contributed by atoms with E-state index in [1.54, 1.807) is 0 Å². The second kappa shape index (κ2) is 5.01. The molecule has 0 saturated heterocycles. The van der Waals surface area contributed by atoms with Crippen LogP contribution in [0.2, 0.25) is 0 Å². The van der Waals surface area contributed by atoms with Crippen molar-refractivity contribution in [2.24, 2.45) is 5.92 Å². The van der Waals surface area contributed by atoms with Crippen LogP contribution in [0.5, 0.6) is 0 Å². The van der Waals surface area contributed by atoms with Gasteiger partial charge in [-0.1, -0.05) is 6.07 Å². The molecule has 0 atom stereocenters. The molecule has 100 valence electrons. The Morgan fingerprint density at radius 3 is 3.00 bits per heavy atom. The number of fused-ring (bicyclic) bond motifs is 1. The first-order valence-corrected chi connectivity index (χ1v) is 6.57. The Hall–Kier alpha value is -1.88. The molecule has 1 saturated carbocycles. The average molecular weight is 259 g/mol. The summed E-state index contributed by atoms with van der Waals surface area (Å²) in [5, 5.41) is 8.97. The molecule has 2 aromatic rings. The van der Waals surface area contributed by atoms with Gasteiger partial charge in [-0.2, -0.15) is 0 Å². The van der Waals surface area contributed by atoms with Crippen molar-refractivity contribution in [2.75, 3.05) is 13.1 Å². The van der Waals surface area contributed by atoms with Crippen LogP contribution in [0.4, 0.5) is 0 Å². The maximum absolute atomic E-state index is 10.9. The average Bonchev–Trinajstić information content (AvgIpc) is 3.06. The molecule has 0 amide bonds. The van der Waals surface area contributed by atoms with Crippen molar-refractivity contribution in [3.05, 3.63) is 36.3 Å². The first-order chi connectivity index (χ1) is 9.20. The van der Waals surface area contributed by atoms with Crippen LogP contribution in [0, 0.1) is 5.92 Å². The summed E-state index contributed by atoms with van der Waals surface area (Å²) in [5.74, 6) is -0.0965. The SMILES string of the molecule is O=C(O)CN(Cc1cn2ccccc2n1)CC1CC1. The standard InChI is InChI=1S/C14H17N3O2/c18-14(19)10-16(7-11-4-5-11)8-12-9-17-6-2-1-3-13(17)15-12/h1-3,6,9,11H,4-5,7-8,10H2,(H,18,19). The molecule has 0 spiro atoms. The third-order valence-electron chi connectivity index (χ3n) is 3.37. The summed E-state index contributed by atoms with van der Waals surface area (Å²) in [6.45, 7) is 1.55. The number of pyridine rings is 1. The Morgan fingerprint density at radius 1 is 1.47 bits per heavy atom. The molecular weight excluding hydrogens is 242 g/mol. The summed E-state index contributed by atoms with van der Waals surface area (Å²) in [6, 6.07) is 5.86. The maximum atomic E-state index is 10.9. The van der Waals surface area contributed by atoms with Crippen molar-refractivity contribution in [3.8, 4) is 0 Å². The zero-order valence-electron chi connectivity index (χ0n) is 10.7. The number of aliphatic carboxylic acids is 1. The summed E-state index contributed by atoms with van der Waals surface area (Å²) in [6.07, 6.45) is 6.37. The van der Waals surface area contributed by atoms with Crippen LogP contribution < -0.4 is 0 Å². The Balaban J connectivity index is 1.73. The van der Waals surface area contributed by atoms with Gasteiger partial charge in [0.25, 0.3) is 0 Å². The smallest absolute Gasteiger partial charge is 0.317 e. The van der Waals surface area contributed by atoms with Crippen LogP contribution in [-0.2, 0) is 11.3 Å². The number of carboxylic acids is 1. The van der Waals surface area contributed by atoms with E-state index in [4.69, 9.17) is 5.11 Å². The van der Waals surface area contributed by atoms with Crippen LogP contribution in [0.1, 0.15) is 18.5 Å². The van der Waals surface area contributed by atoms with Crippen molar-refractivity contribution in [3.63, 3.8) is 0 Å². The van der Waals surface area contributed by atoms with Crippen molar-refractivity contribution in [2.45, 2.75) is 19.4 Å². The fourth-order valence-corrected chi connectivity index (χ4v) is 2.33. The van der Waals surface area contributed by atoms with Crippen LogP contribution in [0.3, 0.4) is 0 Å². The molecule has 2 aromatic heterocycles. The highest BCUT2D eigenvalue weighted by atomic mass is 16.4. The van der Waals surface area contributed by atoms with Gasteiger partial charge in [-0.3, -0.25) is 9.69 Å². The molecule has 1 fully saturated rings. The predicted octanol–water partition coefficient (Wildman–Crippen LogP) is 1.63. The van der Waals surface area contributed by atoms with Gasteiger partial charge in [0.2, 0.25) is 0 Å². The monoisotopic (exact) mass is 259 g/mol. The molecule has 1 aliphatic carbocycles. The molecule has 0 aromatic carbocycles. The van der Waals surface area contributed by atoms with E-state index in [0.717, 1.165) is 17.9 Å². The van der Waals surface area contributed by atoms with E-state index >= 15 is 0 Å². The second-order valence-electron chi connectivity index (χ2n) is 5.21. The Bertz CT molecular complexity index is 556. The minimum Gasteiger partial charge on any atom is -0.480 e. The molecule has 1 N–H and O–H groups in total. The van der Waals surface area contributed by atoms with Gasteiger partial charge in [0, 0.05) is 25.5 Å². The number of hydrogen-bond acceptors (Lipinski definition) is 3. The van der Waals surface area contributed by atoms with Gasteiger partial charge < -0.3 is 9.51 Å². The van der Waals surface area contributed by atoms with Gasteiger partial charge in [-0.15, -0.1) is 0 Å². The molecule has 3 rings (SSSR count). The minimum absolute atomic E-state index is 0.0877. The molecule has 0 radical (unpaired) electrons. The number of aromatic nitrogens is 2. The third-order valence-corrected chi connectivity index (χ3v) is 3.37. The fourth-order valence-electron chi connectivity index (χ4n) is 2.33. The van der Waals surface area contributed by atoms with E-state index in [1.807, 2.05) is 39.9 Å². The van der Waals surface area contributed by atoms with Crippen molar-refractivity contribution >= 4 is 11.6 Å².